The Morgan fingerprint density at radius 3 is 2.32 bits per heavy atom. The molecule has 0 radical (unpaired) electrons. The number of halogens is 1. The minimum Gasteiger partial charge on any atom is -0.356 e. The topological polar surface area (TPSA) is 68.8 Å². The smallest absolute Gasteiger partial charge is 0.220 e. The third-order valence-electron chi connectivity index (χ3n) is 4.86. The van der Waals surface area contributed by atoms with Crippen LogP contribution in [0.25, 0.3) is 0 Å². The van der Waals surface area contributed by atoms with Crippen LogP contribution in [0.1, 0.15) is 51.9 Å². The average Bonchev–Trinajstić information content (AvgIpc) is 3.39. The van der Waals surface area contributed by atoms with Crippen molar-refractivity contribution in [3.05, 3.63) is 0 Å². The Labute approximate surface area is 170 Å². The predicted octanol–water partition coefficient (Wildman–Crippen LogP) is 1.95. The Morgan fingerprint density at radius 2 is 1.72 bits per heavy atom. The van der Waals surface area contributed by atoms with Gasteiger partial charge in [0, 0.05) is 32.6 Å². The molecule has 2 fully saturated rings. The summed E-state index contributed by atoms with van der Waals surface area (Å²) >= 11 is 0. The number of amides is 1. The van der Waals surface area contributed by atoms with Gasteiger partial charge in [0.05, 0.1) is 0 Å². The van der Waals surface area contributed by atoms with Crippen LogP contribution < -0.4 is 16.0 Å². The zero-order chi connectivity index (χ0) is 17.2. The number of rotatable bonds is 9. The van der Waals surface area contributed by atoms with Crippen molar-refractivity contribution in [1.29, 1.82) is 0 Å². The fraction of sp³-hybridized carbons (Fsp3) is 0.889. The van der Waals surface area contributed by atoms with E-state index in [0.717, 1.165) is 57.2 Å². The molecule has 1 heterocycles. The van der Waals surface area contributed by atoms with Crippen LogP contribution in [0.3, 0.4) is 0 Å². The Hall–Kier alpha value is -0.570. The van der Waals surface area contributed by atoms with E-state index in [1.54, 1.807) is 7.05 Å². The van der Waals surface area contributed by atoms with Crippen molar-refractivity contribution in [2.45, 2.75) is 57.9 Å². The third-order valence-corrected chi connectivity index (χ3v) is 4.86. The lowest BCUT2D eigenvalue weighted by Crippen LogP contribution is -2.40. The number of hydrogen-bond donors (Lipinski definition) is 3. The molecule has 146 valence electrons. The molecule has 0 unspecified atom stereocenters. The predicted molar refractivity (Wildman–Crippen MR) is 115 cm³/mol. The molecular formula is C18H36IN5O. The van der Waals surface area contributed by atoms with Gasteiger partial charge in [-0.25, -0.2) is 0 Å². The van der Waals surface area contributed by atoms with Gasteiger partial charge in [-0.15, -0.1) is 24.0 Å². The molecule has 1 saturated heterocycles. The van der Waals surface area contributed by atoms with Crippen LogP contribution in [-0.2, 0) is 4.79 Å². The van der Waals surface area contributed by atoms with E-state index in [4.69, 9.17) is 0 Å². The number of guanidine groups is 1. The molecule has 0 aromatic rings. The summed E-state index contributed by atoms with van der Waals surface area (Å²) in [5.74, 6) is 1.91. The highest BCUT2D eigenvalue weighted by Crippen LogP contribution is 2.18. The largest absolute Gasteiger partial charge is 0.356 e. The van der Waals surface area contributed by atoms with Gasteiger partial charge in [0.1, 0.15) is 0 Å². The lowest BCUT2D eigenvalue weighted by atomic mass is 9.99. The number of carbonyl (C=O) groups is 1. The summed E-state index contributed by atoms with van der Waals surface area (Å²) < 4.78 is 0. The molecule has 1 aliphatic carbocycles. The number of carbonyl (C=O) groups excluding carboxylic acids is 1. The maximum atomic E-state index is 11.6. The molecular weight excluding hydrogens is 429 g/mol. The second-order valence-corrected chi connectivity index (χ2v) is 7.25. The van der Waals surface area contributed by atoms with Crippen molar-refractivity contribution < 1.29 is 4.79 Å². The van der Waals surface area contributed by atoms with Gasteiger partial charge in [-0.2, -0.15) is 0 Å². The van der Waals surface area contributed by atoms with Crippen LogP contribution in [0.15, 0.2) is 4.99 Å². The normalized spacial score (nSPS) is 19.2. The number of hydrogen-bond acceptors (Lipinski definition) is 3. The van der Waals surface area contributed by atoms with Crippen LogP contribution in [0.5, 0.6) is 0 Å². The minimum absolute atomic E-state index is 0. The quantitative estimate of drug-likeness (QED) is 0.211. The fourth-order valence-electron chi connectivity index (χ4n) is 3.00. The van der Waals surface area contributed by atoms with E-state index in [0.29, 0.717) is 12.5 Å². The molecule has 1 aliphatic heterocycles. The number of nitrogens with zero attached hydrogens (tertiary/aromatic N) is 2. The summed E-state index contributed by atoms with van der Waals surface area (Å²) in [6, 6.07) is 0.461. The van der Waals surface area contributed by atoms with Crippen molar-refractivity contribution in [2.24, 2.45) is 10.9 Å². The van der Waals surface area contributed by atoms with Gasteiger partial charge >= 0.3 is 0 Å². The van der Waals surface area contributed by atoms with E-state index in [9.17, 15) is 4.79 Å². The zero-order valence-corrected chi connectivity index (χ0v) is 18.2. The van der Waals surface area contributed by atoms with Crippen molar-refractivity contribution in [3.63, 3.8) is 0 Å². The van der Waals surface area contributed by atoms with E-state index >= 15 is 0 Å². The van der Waals surface area contributed by atoms with Gasteiger partial charge in [0.25, 0.3) is 0 Å². The van der Waals surface area contributed by atoms with Gasteiger partial charge < -0.3 is 20.9 Å². The number of piperidine rings is 1. The minimum atomic E-state index is 0. The number of likely N-dealkylation sites (tertiary alicyclic amines) is 1. The molecule has 0 spiro atoms. The van der Waals surface area contributed by atoms with Gasteiger partial charge in [-0.3, -0.25) is 9.79 Å². The van der Waals surface area contributed by atoms with Crippen LogP contribution in [0.4, 0.5) is 0 Å². The maximum absolute atomic E-state index is 11.6. The molecule has 2 rings (SSSR count). The lowest BCUT2D eigenvalue weighted by Gasteiger charge is -2.30. The first-order valence-electron chi connectivity index (χ1n) is 9.63. The summed E-state index contributed by atoms with van der Waals surface area (Å²) in [4.78, 5) is 18.4. The molecule has 0 atom stereocenters. The van der Waals surface area contributed by atoms with Gasteiger partial charge in [-0.05, 0) is 64.1 Å². The van der Waals surface area contributed by atoms with Crippen LogP contribution in [0.2, 0.25) is 0 Å². The van der Waals surface area contributed by atoms with E-state index in [1.807, 2.05) is 0 Å². The fourth-order valence-corrected chi connectivity index (χ4v) is 3.00. The molecule has 25 heavy (non-hydrogen) atoms. The van der Waals surface area contributed by atoms with Gasteiger partial charge in [0.15, 0.2) is 5.96 Å². The summed E-state index contributed by atoms with van der Waals surface area (Å²) in [6.07, 6.45) is 7.54. The molecule has 6 nitrogen and oxygen atoms in total. The molecule has 7 heteroatoms. The molecule has 3 N–H and O–H groups in total. The first kappa shape index (κ1) is 22.5. The monoisotopic (exact) mass is 465 g/mol. The molecule has 1 saturated carbocycles. The number of aliphatic imine (C=N–C) groups is 1. The van der Waals surface area contributed by atoms with Gasteiger partial charge in [-0.1, -0.05) is 6.92 Å². The Kier molecular flexibility index (Phi) is 11.4. The average molecular weight is 465 g/mol. The van der Waals surface area contributed by atoms with Gasteiger partial charge in [0.2, 0.25) is 5.91 Å². The molecule has 0 aromatic carbocycles. The van der Waals surface area contributed by atoms with Crippen LogP contribution >= 0.6 is 24.0 Å². The summed E-state index contributed by atoms with van der Waals surface area (Å²) in [6.45, 7) is 7.73. The standard InChI is InChI=1S/C18H35N5O.HI/c1-15-8-13-23(14-9-15)12-4-11-21-18(19-2)20-10-3-5-17(24)22-16-6-7-16;/h15-16H,3-14H2,1-2H3,(H,22,24)(H2,19,20,21);1H. The second kappa shape index (κ2) is 12.7. The zero-order valence-electron chi connectivity index (χ0n) is 15.9. The summed E-state index contributed by atoms with van der Waals surface area (Å²) in [5, 5.41) is 9.66. The van der Waals surface area contributed by atoms with E-state index in [-0.39, 0.29) is 29.9 Å². The molecule has 2 aliphatic rings. The highest BCUT2D eigenvalue weighted by atomic mass is 127. The molecule has 0 bridgehead atoms. The molecule has 1 amide bonds. The van der Waals surface area contributed by atoms with Crippen molar-refractivity contribution >= 4 is 35.8 Å². The Morgan fingerprint density at radius 1 is 1.08 bits per heavy atom. The SMILES string of the molecule is CN=C(NCCCC(=O)NC1CC1)NCCCN1CCC(C)CC1.I. The van der Waals surface area contributed by atoms with E-state index < -0.39 is 0 Å². The van der Waals surface area contributed by atoms with Crippen molar-refractivity contribution in [1.82, 2.24) is 20.9 Å². The second-order valence-electron chi connectivity index (χ2n) is 7.25. The first-order valence-corrected chi connectivity index (χ1v) is 9.63. The van der Waals surface area contributed by atoms with E-state index in [1.165, 1.54) is 25.9 Å². The maximum Gasteiger partial charge on any atom is 0.220 e. The molecule has 0 aromatic heterocycles. The lowest BCUT2D eigenvalue weighted by molar-refractivity contribution is -0.121. The highest BCUT2D eigenvalue weighted by molar-refractivity contribution is 14.0. The Balaban J connectivity index is 0.00000312. The van der Waals surface area contributed by atoms with E-state index in [2.05, 4.69) is 32.8 Å². The van der Waals surface area contributed by atoms with Crippen LogP contribution in [-0.4, -0.2) is 62.6 Å². The van der Waals surface area contributed by atoms with Crippen molar-refractivity contribution in [2.75, 3.05) is 39.8 Å². The summed E-state index contributed by atoms with van der Waals surface area (Å²) in [5.41, 5.74) is 0. The third kappa shape index (κ3) is 10.2. The van der Waals surface area contributed by atoms with Crippen molar-refractivity contribution in [3.8, 4) is 0 Å². The number of nitrogens with one attached hydrogen (secondary N) is 3. The van der Waals surface area contributed by atoms with Crippen LogP contribution in [0, 0.1) is 5.92 Å². The highest BCUT2D eigenvalue weighted by Gasteiger charge is 2.22. The Bertz CT molecular complexity index is 406. The first-order chi connectivity index (χ1) is 11.7. The summed E-state index contributed by atoms with van der Waals surface area (Å²) in [7, 11) is 1.79.